The van der Waals surface area contributed by atoms with Crippen LogP contribution in [0.3, 0.4) is 0 Å². The van der Waals surface area contributed by atoms with E-state index in [0.29, 0.717) is 25.7 Å². The average Bonchev–Trinajstić information content (AvgIpc) is 2.91. The number of carbonyl (C=O) groups excluding carboxylic acids is 5. The number of nitrogens with one attached hydrogen (secondary N) is 1. The molecule has 0 saturated carbocycles. The van der Waals surface area contributed by atoms with Gasteiger partial charge < -0.3 is 24.9 Å². The van der Waals surface area contributed by atoms with E-state index in [9.17, 15) is 24.0 Å². The van der Waals surface area contributed by atoms with E-state index in [4.69, 9.17) is 0 Å². The van der Waals surface area contributed by atoms with Crippen LogP contribution in [0.1, 0.15) is 102 Å². The Bertz CT molecular complexity index is 933. The smallest absolute Gasteiger partial charge is 0.246 e. The van der Waals surface area contributed by atoms with Gasteiger partial charge in [-0.1, -0.05) is 68.7 Å². The van der Waals surface area contributed by atoms with Crippen molar-refractivity contribution >= 4 is 29.5 Å². The van der Waals surface area contributed by atoms with Gasteiger partial charge in [0, 0.05) is 40.2 Å². The minimum atomic E-state index is -0.850. The molecule has 0 rings (SSSR count). The molecule has 0 aliphatic rings. The van der Waals surface area contributed by atoms with Crippen LogP contribution in [0, 0.1) is 23.7 Å². The number of nitrogens with zero attached hydrogens (tertiary/aromatic N) is 4. The summed E-state index contributed by atoms with van der Waals surface area (Å²) in [5.74, 6) is -1.64. The van der Waals surface area contributed by atoms with Gasteiger partial charge in [0.1, 0.15) is 24.2 Å². The minimum absolute atomic E-state index is 0.0197. The third kappa shape index (κ3) is 11.8. The predicted molar refractivity (Wildman–Crippen MR) is 173 cm³/mol. The van der Waals surface area contributed by atoms with Crippen LogP contribution in [0.5, 0.6) is 0 Å². The van der Waals surface area contributed by atoms with Crippen LogP contribution in [-0.4, -0.2) is 108 Å². The Morgan fingerprint density at radius 1 is 0.581 bits per heavy atom. The molecule has 43 heavy (non-hydrogen) atoms. The molecular formula is C33H63N5O5. The van der Waals surface area contributed by atoms with E-state index in [1.165, 1.54) is 14.7 Å². The summed E-state index contributed by atoms with van der Waals surface area (Å²) in [5, 5.41) is 2.94. The summed E-state index contributed by atoms with van der Waals surface area (Å²) in [6, 6.07) is -3.11. The number of hydrogen-bond acceptors (Lipinski definition) is 5. The summed E-state index contributed by atoms with van der Waals surface area (Å²) in [5.41, 5.74) is 0. The van der Waals surface area contributed by atoms with Gasteiger partial charge >= 0.3 is 0 Å². The Hall–Kier alpha value is -2.65. The molecule has 0 spiro atoms. The molecule has 4 atom stereocenters. The van der Waals surface area contributed by atoms with Crippen molar-refractivity contribution in [2.24, 2.45) is 23.7 Å². The predicted octanol–water partition coefficient (Wildman–Crippen LogP) is 4.02. The Kier molecular flexibility index (Phi) is 17.1. The van der Waals surface area contributed by atoms with Gasteiger partial charge in [0.15, 0.2) is 0 Å². The van der Waals surface area contributed by atoms with Crippen LogP contribution < -0.4 is 5.32 Å². The molecular weight excluding hydrogens is 546 g/mol. The highest BCUT2D eigenvalue weighted by Gasteiger charge is 2.40. The van der Waals surface area contributed by atoms with E-state index in [-0.39, 0.29) is 59.2 Å². The lowest BCUT2D eigenvalue weighted by Gasteiger charge is -2.40. The number of carbonyl (C=O) groups is 5. The summed E-state index contributed by atoms with van der Waals surface area (Å²) in [4.78, 5) is 73.9. The summed E-state index contributed by atoms with van der Waals surface area (Å²) in [7, 11) is 6.57. The average molecular weight is 610 g/mol. The van der Waals surface area contributed by atoms with Gasteiger partial charge in [-0.3, -0.25) is 24.0 Å². The normalized spacial score (nSPS) is 14.5. The van der Waals surface area contributed by atoms with Gasteiger partial charge in [0.05, 0.1) is 0 Å². The van der Waals surface area contributed by atoms with E-state index in [1.807, 2.05) is 62.3 Å². The Labute approximate surface area is 262 Å². The minimum Gasteiger partial charge on any atom is -0.343 e. The standard InChI is InChI=1S/C33H63N5O5/c1-16-17-25(31(41)35(12)24(10)11)34-29(39)26(18-20(2)3)36(13)33(43)28(22(6)7)38(15)32(42)27(19-21(4)5)37(14)30(40)23(8)9/h20-28H,16-19H2,1-15H3,(H,34,39). The highest BCUT2D eigenvalue weighted by Crippen LogP contribution is 2.22. The van der Waals surface area contributed by atoms with Crippen molar-refractivity contribution in [2.45, 2.75) is 132 Å². The van der Waals surface area contributed by atoms with E-state index in [1.54, 1.807) is 46.9 Å². The van der Waals surface area contributed by atoms with Crippen LogP contribution >= 0.6 is 0 Å². The third-order valence-electron chi connectivity index (χ3n) is 8.06. The first-order valence-electron chi connectivity index (χ1n) is 16.1. The maximum absolute atomic E-state index is 14.2. The zero-order valence-electron chi connectivity index (χ0n) is 29.9. The van der Waals surface area contributed by atoms with Crippen molar-refractivity contribution in [3.8, 4) is 0 Å². The lowest BCUT2D eigenvalue weighted by molar-refractivity contribution is -0.154. The number of hydrogen-bond donors (Lipinski definition) is 1. The molecule has 0 aliphatic heterocycles. The van der Waals surface area contributed by atoms with Crippen LogP contribution in [0.15, 0.2) is 0 Å². The molecule has 5 amide bonds. The third-order valence-corrected chi connectivity index (χ3v) is 8.06. The Balaban J connectivity index is 6.38. The van der Waals surface area contributed by atoms with E-state index in [0.717, 1.165) is 0 Å². The van der Waals surface area contributed by atoms with Gasteiger partial charge in [-0.05, 0) is 50.9 Å². The SMILES string of the molecule is CCCC(NC(=O)C(CC(C)C)N(C)C(=O)C(C(C)C)N(C)C(=O)C(CC(C)C)N(C)C(=O)C(C)C)C(=O)N(C)C(C)C. The van der Waals surface area contributed by atoms with Crippen LogP contribution in [0.25, 0.3) is 0 Å². The first-order chi connectivity index (χ1) is 19.7. The number of amides is 5. The highest BCUT2D eigenvalue weighted by molar-refractivity contribution is 5.95. The topological polar surface area (TPSA) is 110 Å². The van der Waals surface area contributed by atoms with Crippen molar-refractivity contribution in [3.05, 3.63) is 0 Å². The van der Waals surface area contributed by atoms with Crippen molar-refractivity contribution in [1.29, 1.82) is 0 Å². The van der Waals surface area contributed by atoms with Gasteiger partial charge in [0.2, 0.25) is 29.5 Å². The van der Waals surface area contributed by atoms with Crippen molar-refractivity contribution in [1.82, 2.24) is 24.9 Å². The molecule has 0 aromatic heterocycles. The first kappa shape index (κ1) is 40.4. The second-order valence-corrected chi connectivity index (χ2v) is 13.9. The lowest BCUT2D eigenvalue weighted by Crippen LogP contribution is -2.60. The Morgan fingerprint density at radius 2 is 1.05 bits per heavy atom. The second kappa shape index (κ2) is 18.2. The van der Waals surface area contributed by atoms with E-state index >= 15 is 0 Å². The maximum Gasteiger partial charge on any atom is 0.246 e. The number of likely N-dealkylation sites (N-methyl/N-ethyl adjacent to an activating group) is 4. The highest BCUT2D eigenvalue weighted by atomic mass is 16.2. The lowest BCUT2D eigenvalue weighted by atomic mass is 9.95. The van der Waals surface area contributed by atoms with Gasteiger partial charge in [0.25, 0.3) is 0 Å². The molecule has 10 heteroatoms. The molecule has 0 aromatic carbocycles. The number of rotatable bonds is 17. The molecule has 1 N–H and O–H groups in total. The molecule has 0 radical (unpaired) electrons. The van der Waals surface area contributed by atoms with Gasteiger partial charge in [-0.2, -0.15) is 0 Å². The monoisotopic (exact) mass is 609 g/mol. The Morgan fingerprint density at radius 3 is 1.44 bits per heavy atom. The quantitative estimate of drug-likeness (QED) is 0.268. The zero-order chi connectivity index (χ0) is 33.9. The first-order valence-corrected chi connectivity index (χ1v) is 16.1. The molecule has 0 aliphatic carbocycles. The molecule has 0 fully saturated rings. The summed E-state index contributed by atoms with van der Waals surface area (Å²) < 4.78 is 0. The fourth-order valence-corrected chi connectivity index (χ4v) is 5.27. The second-order valence-electron chi connectivity index (χ2n) is 13.9. The van der Waals surface area contributed by atoms with Crippen molar-refractivity contribution < 1.29 is 24.0 Å². The summed E-state index contributed by atoms with van der Waals surface area (Å²) in [6.45, 7) is 21.1. The van der Waals surface area contributed by atoms with E-state index < -0.39 is 24.2 Å². The summed E-state index contributed by atoms with van der Waals surface area (Å²) in [6.07, 6.45) is 2.05. The molecule has 10 nitrogen and oxygen atoms in total. The zero-order valence-corrected chi connectivity index (χ0v) is 29.9. The molecule has 4 unspecified atom stereocenters. The van der Waals surface area contributed by atoms with Crippen LogP contribution in [-0.2, 0) is 24.0 Å². The molecule has 0 heterocycles. The van der Waals surface area contributed by atoms with Crippen LogP contribution in [0.4, 0.5) is 0 Å². The van der Waals surface area contributed by atoms with Gasteiger partial charge in [-0.25, -0.2) is 0 Å². The summed E-state index contributed by atoms with van der Waals surface area (Å²) >= 11 is 0. The maximum atomic E-state index is 14.2. The van der Waals surface area contributed by atoms with Crippen LogP contribution in [0.2, 0.25) is 0 Å². The van der Waals surface area contributed by atoms with Gasteiger partial charge in [-0.15, -0.1) is 0 Å². The fraction of sp³-hybridized carbons (Fsp3) is 0.848. The molecule has 0 aromatic rings. The molecule has 0 saturated heterocycles. The molecule has 0 bridgehead atoms. The fourth-order valence-electron chi connectivity index (χ4n) is 5.27. The van der Waals surface area contributed by atoms with E-state index in [2.05, 4.69) is 5.32 Å². The molecule has 250 valence electrons. The largest absolute Gasteiger partial charge is 0.343 e. The van der Waals surface area contributed by atoms with Crippen molar-refractivity contribution in [2.75, 3.05) is 28.2 Å². The van der Waals surface area contributed by atoms with Crippen molar-refractivity contribution in [3.63, 3.8) is 0 Å².